The van der Waals surface area contributed by atoms with Crippen molar-refractivity contribution in [3.05, 3.63) is 56.9 Å². The number of benzene rings is 1. The molecule has 1 N–H and O–H groups in total. The van der Waals surface area contributed by atoms with Crippen molar-refractivity contribution in [3.8, 4) is 0 Å². The first-order valence-corrected chi connectivity index (χ1v) is 6.53. The van der Waals surface area contributed by atoms with Gasteiger partial charge in [-0.05, 0) is 39.7 Å². The number of hydrogen-bond donors (Lipinski definition) is 1. The summed E-state index contributed by atoms with van der Waals surface area (Å²) in [5, 5.41) is 2.95. The van der Waals surface area contributed by atoms with Crippen LogP contribution in [0.25, 0.3) is 0 Å². The molecule has 0 saturated heterocycles. The highest BCUT2D eigenvalue weighted by atomic mass is 79.9. The van der Waals surface area contributed by atoms with Crippen LogP contribution in [-0.2, 0) is 6.54 Å². The molecule has 88 valence electrons. The molecular formula is C12H9Br2FN2. The lowest BCUT2D eigenvalue weighted by Crippen LogP contribution is -2.03. The summed E-state index contributed by atoms with van der Waals surface area (Å²) in [6.07, 6.45) is 1.56. The van der Waals surface area contributed by atoms with Crippen molar-refractivity contribution in [2.75, 3.05) is 5.32 Å². The molecule has 0 fully saturated rings. The van der Waals surface area contributed by atoms with Crippen molar-refractivity contribution >= 4 is 37.7 Å². The number of hydrogen-bond acceptors (Lipinski definition) is 2. The number of nitrogens with zero attached hydrogens (tertiary/aromatic N) is 1. The summed E-state index contributed by atoms with van der Waals surface area (Å²) in [6.45, 7) is 0.541. The van der Waals surface area contributed by atoms with Gasteiger partial charge in [0.2, 0.25) is 0 Å². The van der Waals surface area contributed by atoms with Crippen molar-refractivity contribution in [3.63, 3.8) is 0 Å². The Labute approximate surface area is 116 Å². The number of halogens is 3. The standard InChI is InChI=1S/C12H9Br2FN2/c13-9-3-1-8(2-4-9)6-16-12-11(15)5-10(14)7-17-12/h1-5,7H,6H2,(H,16,17). The minimum absolute atomic E-state index is 0.260. The molecule has 0 aliphatic carbocycles. The van der Waals surface area contributed by atoms with Gasteiger partial charge in [-0.15, -0.1) is 0 Å². The molecule has 2 nitrogen and oxygen atoms in total. The first-order valence-electron chi connectivity index (χ1n) is 4.94. The van der Waals surface area contributed by atoms with Crippen LogP contribution in [0, 0.1) is 5.82 Å². The fraction of sp³-hybridized carbons (Fsp3) is 0.0833. The number of nitrogens with one attached hydrogen (secondary N) is 1. The van der Waals surface area contributed by atoms with E-state index >= 15 is 0 Å². The fourth-order valence-electron chi connectivity index (χ4n) is 1.33. The molecule has 17 heavy (non-hydrogen) atoms. The van der Waals surface area contributed by atoms with E-state index < -0.39 is 0 Å². The second kappa shape index (κ2) is 5.60. The van der Waals surface area contributed by atoms with Crippen LogP contribution < -0.4 is 5.32 Å². The molecule has 0 aliphatic rings. The molecule has 0 amide bonds. The van der Waals surface area contributed by atoms with Crippen LogP contribution in [0.5, 0.6) is 0 Å². The van der Waals surface area contributed by atoms with Gasteiger partial charge in [-0.2, -0.15) is 0 Å². The Hall–Kier alpha value is -0.940. The molecule has 2 aromatic rings. The first-order chi connectivity index (χ1) is 8.15. The Kier molecular flexibility index (Phi) is 4.12. The Morgan fingerprint density at radius 3 is 2.47 bits per heavy atom. The second-order valence-electron chi connectivity index (χ2n) is 3.46. The summed E-state index contributed by atoms with van der Waals surface area (Å²) in [6, 6.07) is 9.21. The lowest BCUT2D eigenvalue weighted by molar-refractivity contribution is 0.623. The minimum atomic E-state index is -0.364. The third-order valence-corrected chi connectivity index (χ3v) is 3.14. The van der Waals surface area contributed by atoms with Crippen LogP contribution in [0.2, 0.25) is 0 Å². The Bertz CT molecular complexity index is 514. The van der Waals surface area contributed by atoms with Gasteiger partial charge >= 0.3 is 0 Å². The predicted molar refractivity (Wildman–Crippen MR) is 73.4 cm³/mol. The summed E-state index contributed by atoms with van der Waals surface area (Å²) in [4.78, 5) is 3.97. The van der Waals surface area contributed by atoms with E-state index in [0.717, 1.165) is 10.0 Å². The zero-order chi connectivity index (χ0) is 12.3. The van der Waals surface area contributed by atoms with Crippen LogP contribution in [0.3, 0.4) is 0 Å². The largest absolute Gasteiger partial charge is 0.364 e. The average Bonchev–Trinajstić information content (AvgIpc) is 2.30. The molecule has 0 unspecified atom stereocenters. The molecule has 1 aromatic heterocycles. The minimum Gasteiger partial charge on any atom is -0.364 e. The number of rotatable bonds is 3. The number of aromatic nitrogens is 1. The van der Waals surface area contributed by atoms with E-state index in [4.69, 9.17) is 0 Å². The maximum Gasteiger partial charge on any atom is 0.166 e. The van der Waals surface area contributed by atoms with Crippen LogP contribution in [0.1, 0.15) is 5.56 Å². The van der Waals surface area contributed by atoms with Crippen LogP contribution in [0.4, 0.5) is 10.2 Å². The molecule has 0 radical (unpaired) electrons. The van der Waals surface area contributed by atoms with E-state index in [1.54, 1.807) is 6.20 Å². The number of pyridine rings is 1. The third-order valence-electron chi connectivity index (χ3n) is 2.18. The summed E-state index contributed by atoms with van der Waals surface area (Å²) in [5.74, 6) is -0.104. The topological polar surface area (TPSA) is 24.9 Å². The molecule has 2 rings (SSSR count). The van der Waals surface area contributed by atoms with Crippen molar-refractivity contribution in [2.45, 2.75) is 6.54 Å². The highest BCUT2D eigenvalue weighted by Gasteiger charge is 2.03. The van der Waals surface area contributed by atoms with Crippen molar-refractivity contribution in [1.82, 2.24) is 4.98 Å². The van der Waals surface area contributed by atoms with Crippen molar-refractivity contribution in [2.24, 2.45) is 0 Å². The quantitative estimate of drug-likeness (QED) is 0.880. The second-order valence-corrected chi connectivity index (χ2v) is 5.30. The van der Waals surface area contributed by atoms with E-state index in [1.807, 2.05) is 24.3 Å². The fourth-order valence-corrected chi connectivity index (χ4v) is 1.90. The van der Waals surface area contributed by atoms with E-state index in [9.17, 15) is 4.39 Å². The van der Waals surface area contributed by atoms with Gasteiger partial charge < -0.3 is 5.32 Å². The molecule has 1 aromatic carbocycles. The highest BCUT2D eigenvalue weighted by molar-refractivity contribution is 9.10. The lowest BCUT2D eigenvalue weighted by Gasteiger charge is -2.06. The molecule has 0 atom stereocenters. The summed E-state index contributed by atoms with van der Waals surface area (Å²) >= 11 is 6.53. The molecule has 0 saturated carbocycles. The van der Waals surface area contributed by atoms with Crippen LogP contribution >= 0.6 is 31.9 Å². The molecular weight excluding hydrogens is 351 g/mol. The monoisotopic (exact) mass is 358 g/mol. The van der Waals surface area contributed by atoms with Gasteiger partial charge in [0.15, 0.2) is 11.6 Å². The smallest absolute Gasteiger partial charge is 0.166 e. The number of anilines is 1. The average molecular weight is 360 g/mol. The summed E-state index contributed by atoms with van der Waals surface area (Å²) in [5.41, 5.74) is 1.07. The van der Waals surface area contributed by atoms with Gasteiger partial charge in [0.05, 0.1) is 0 Å². The Balaban J connectivity index is 2.04. The molecule has 5 heteroatoms. The predicted octanol–water partition coefficient (Wildman–Crippen LogP) is 4.36. The van der Waals surface area contributed by atoms with Crippen molar-refractivity contribution in [1.29, 1.82) is 0 Å². The van der Waals surface area contributed by atoms with E-state index in [1.165, 1.54) is 6.07 Å². The highest BCUT2D eigenvalue weighted by Crippen LogP contribution is 2.17. The van der Waals surface area contributed by atoms with E-state index in [-0.39, 0.29) is 11.6 Å². The first kappa shape index (κ1) is 12.5. The van der Waals surface area contributed by atoms with E-state index in [0.29, 0.717) is 11.0 Å². The van der Waals surface area contributed by atoms with Gasteiger partial charge in [-0.3, -0.25) is 0 Å². The summed E-state index contributed by atoms with van der Waals surface area (Å²) in [7, 11) is 0. The van der Waals surface area contributed by atoms with Gasteiger partial charge in [0, 0.05) is 21.7 Å². The van der Waals surface area contributed by atoms with Crippen LogP contribution in [-0.4, -0.2) is 4.98 Å². The van der Waals surface area contributed by atoms with E-state index in [2.05, 4.69) is 42.2 Å². The zero-order valence-corrected chi connectivity index (χ0v) is 11.9. The van der Waals surface area contributed by atoms with Crippen molar-refractivity contribution < 1.29 is 4.39 Å². The molecule has 0 spiro atoms. The Morgan fingerprint density at radius 1 is 1.12 bits per heavy atom. The SMILES string of the molecule is Fc1cc(Br)cnc1NCc1ccc(Br)cc1. The van der Waals surface area contributed by atoms with Gasteiger partial charge in [0.1, 0.15) is 0 Å². The maximum absolute atomic E-state index is 13.5. The summed E-state index contributed by atoms with van der Waals surface area (Å²) < 4.78 is 15.1. The van der Waals surface area contributed by atoms with Crippen LogP contribution in [0.15, 0.2) is 45.5 Å². The molecule has 0 bridgehead atoms. The van der Waals surface area contributed by atoms with Gasteiger partial charge in [-0.1, -0.05) is 28.1 Å². The molecule has 0 aliphatic heterocycles. The Morgan fingerprint density at radius 2 is 1.82 bits per heavy atom. The zero-order valence-electron chi connectivity index (χ0n) is 8.75. The van der Waals surface area contributed by atoms with Gasteiger partial charge in [0.25, 0.3) is 0 Å². The molecule has 1 heterocycles. The lowest BCUT2D eigenvalue weighted by atomic mass is 10.2. The normalized spacial score (nSPS) is 10.3. The van der Waals surface area contributed by atoms with Gasteiger partial charge in [-0.25, -0.2) is 9.37 Å². The third kappa shape index (κ3) is 3.51. The maximum atomic E-state index is 13.5.